The van der Waals surface area contributed by atoms with Gasteiger partial charge in [-0.25, -0.2) is 8.78 Å². The number of hydrogen-bond donors (Lipinski definition) is 2. The van der Waals surface area contributed by atoms with Crippen LogP contribution in [0.25, 0.3) is 0 Å². The van der Waals surface area contributed by atoms with E-state index in [1.54, 1.807) is 13.0 Å². The van der Waals surface area contributed by atoms with Crippen molar-refractivity contribution in [3.8, 4) is 0 Å². The van der Waals surface area contributed by atoms with Gasteiger partial charge in [-0.05, 0) is 30.5 Å². The van der Waals surface area contributed by atoms with E-state index in [9.17, 15) is 18.4 Å². The average Bonchev–Trinajstić information content (AvgIpc) is 3.08. The van der Waals surface area contributed by atoms with Gasteiger partial charge in [-0.1, -0.05) is 38.2 Å². The van der Waals surface area contributed by atoms with Gasteiger partial charge >= 0.3 is 0 Å². The minimum absolute atomic E-state index is 0.188. The van der Waals surface area contributed by atoms with Gasteiger partial charge in [-0.2, -0.15) is 0 Å². The van der Waals surface area contributed by atoms with Crippen LogP contribution in [0.1, 0.15) is 44.2 Å². The van der Waals surface area contributed by atoms with E-state index in [-0.39, 0.29) is 17.4 Å². The molecule has 2 amide bonds. The second-order valence-corrected chi connectivity index (χ2v) is 8.24. The molecule has 2 N–H and O–H groups in total. The second-order valence-electron chi connectivity index (χ2n) is 7.26. The highest BCUT2D eigenvalue weighted by molar-refractivity contribution is 7.15. The molecule has 0 bridgehead atoms. The molecule has 0 saturated heterocycles. The fraction of sp³-hybridized carbons (Fsp3) is 0.400. The van der Waals surface area contributed by atoms with Crippen molar-refractivity contribution < 1.29 is 18.4 Å². The van der Waals surface area contributed by atoms with E-state index in [0.717, 1.165) is 23.2 Å². The Balaban J connectivity index is 1.99. The number of carbonyl (C=O) groups is 2. The van der Waals surface area contributed by atoms with Gasteiger partial charge in [0, 0.05) is 11.5 Å². The molecule has 6 nitrogen and oxygen atoms in total. The topological polar surface area (TPSA) is 84.0 Å². The molecule has 2 aromatic rings. The van der Waals surface area contributed by atoms with Crippen LogP contribution < -0.4 is 10.6 Å². The largest absolute Gasteiger partial charge is 0.344 e. The van der Waals surface area contributed by atoms with E-state index in [0.29, 0.717) is 18.0 Å². The molecule has 29 heavy (non-hydrogen) atoms. The Bertz CT molecular complexity index is 878. The highest BCUT2D eigenvalue weighted by atomic mass is 32.1. The maximum atomic E-state index is 13.3. The van der Waals surface area contributed by atoms with Crippen molar-refractivity contribution in [1.82, 2.24) is 15.5 Å². The molecular weight excluding hydrogens is 398 g/mol. The highest BCUT2D eigenvalue weighted by Crippen LogP contribution is 2.31. The minimum atomic E-state index is -0.811. The molecule has 1 aromatic heterocycles. The van der Waals surface area contributed by atoms with Crippen molar-refractivity contribution in [2.24, 2.45) is 0 Å². The van der Waals surface area contributed by atoms with Crippen LogP contribution in [0.2, 0.25) is 0 Å². The molecule has 2 rings (SSSR count). The first-order valence-electron chi connectivity index (χ1n) is 9.14. The first-order chi connectivity index (χ1) is 13.6. The number of halogens is 2. The third kappa shape index (κ3) is 6.42. The molecule has 9 heteroatoms. The minimum Gasteiger partial charge on any atom is -0.344 e. The maximum Gasteiger partial charge on any atom is 0.248 e. The molecular formula is C20H24F2N4O2S. The summed E-state index contributed by atoms with van der Waals surface area (Å²) >= 11 is 1.26. The van der Waals surface area contributed by atoms with Crippen LogP contribution in [0.5, 0.6) is 0 Å². The molecule has 0 spiro atoms. The summed E-state index contributed by atoms with van der Waals surface area (Å²) in [6, 6.07) is 2.08. The maximum absolute atomic E-state index is 13.3. The summed E-state index contributed by atoms with van der Waals surface area (Å²) in [5.74, 6) is -2.47. The normalized spacial score (nSPS) is 12.3. The molecule has 156 valence electrons. The summed E-state index contributed by atoms with van der Waals surface area (Å²) in [7, 11) is 0. The van der Waals surface area contributed by atoms with E-state index >= 15 is 0 Å². The lowest BCUT2D eigenvalue weighted by molar-refractivity contribution is -0.126. The van der Waals surface area contributed by atoms with Gasteiger partial charge in [-0.15, -0.1) is 16.8 Å². The average molecular weight is 423 g/mol. The van der Waals surface area contributed by atoms with Crippen LogP contribution in [0, 0.1) is 11.6 Å². The van der Waals surface area contributed by atoms with E-state index in [1.807, 2.05) is 13.8 Å². The van der Waals surface area contributed by atoms with Crippen molar-refractivity contribution in [2.75, 3.05) is 5.32 Å². The van der Waals surface area contributed by atoms with E-state index in [1.165, 1.54) is 11.3 Å². The lowest BCUT2D eigenvalue weighted by Gasteiger charge is -2.18. The van der Waals surface area contributed by atoms with Gasteiger partial charge in [0.1, 0.15) is 22.7 Å². The Morgan fingerprint density at radius 3 is 2.48 bits per heavy atom. The van der Waals surface area contributed by atoms with Crippen LogP contribution >= 0.6 is 11.3 Å². The number of anilines is 1. The van der Waals surface area contributed by atoms with Crippen molar-refractivity contribution in [3.63, 3.8) is 0 Å². The smallest absolute Gasteiger partial charge is 0.248 e. The number of benzene rings is 1. The van der Waals surface area contributed by atoms with Crippen LogP contribution in [0.4, 0.5) is 13.9 Å². The van der Waals surface area contributed by atoms with Gasteiger partial charge < -0.3 is 5.32 Å². The van der Waals surface area contributed by atoms with E-state index in [4.69, 9.17) is 0 Å². The number of nitrogens with one attached hydrogen (secondary N) is 2. The summed E-state index contributed by atoms with van der Waals surface area (Å²) in [5, 5.41) is 14.5. The second kappa shape index (κ2) is 9.69. The first-order valence-corrected chi connectivity index (χ1v) is 9.96. The molecule has 0 aliphatic carbocycles. The number of nitrogens with zero attached hydrogens (tertiary/aromatic N) is 2. The third-order valence-electron chi connectivity index (χ3n) is 4.24. The van der Waals surface area contributed by atoms with Crippen LogP contribution in [0.15, 0.2) is 30.9 Å². The number of allylic oxidation sites excluding steroid dienone is 1. The fourth-order valence-corrected chi connectivity index (χ4v) is 3.54. The molecule has 1 heterocycles. The van der Waals surface area contributed by atoms with Crippen molar-refractivity contribution in [2.45, 2.75) is 51.5 Å². The zero-order valence-corrected chi connectivity index (χ0v) is 17.4. The summed E-state index contributed by atoms with van der Waals surface area (Å²) in [4.78, 5) is 24.7. The Morgan fingerprint density at radius 2 is 1.90 bits per heavy atom. The molecule has 0 aliphatic rings. The van der Waals surface area contributed by atoms with Crippen molar-refractivity contribution in [3.05, 3.63) is 53.1 Å². The number of rotatable bonds is 9. The summed E-state index contributed by atoms with van der Waals surface area (Å²) in [5.41, 5.74) is -0.0606. The van der Waals surface area contributed by atoms with Gasteiger partial charge in [0.05, 0.1) is 6.42 Å². The van der Waals surface area contributed by atoms with E-state index < -0.39 is 29.5 Å². The van der Waals surface area contributed by atoms with Gasteiger partial charge in [-0.3, -0.25) is 14.9 Å². The summed E-state index contributed by atoms with van der Waals surface area (Å²) in [6.45, 7) is 9.48. The number of amides is 2. The molecule has 0 aliphatic heterocycles. The lowest BCUT2D eigenvalue weighted by Crippen LogP contribution is -2.44. The lowest BCUT2D eigenvalue weighted by atomic mass is 9.90. The Kier molecular flexibility index (Phi) is 7.55. The quantitative estimate of drug-likeness (QED) is 0.603. The van der Waals surface area contributed by atoms with Crippen LogP contribution in [0.3, 0.4) is 0 Å². The number of hydrogen-bond acceptors (Lipinski definition) is 5. The monoisotopic (exact) mass is 422 g/mol. The Morgan fingerprint density at radius 1 is 1.24 bits per heavy atom. The van der Waals surface area contributed by atoms with Crippen LogP contribution in [-0.2, 0) is 21.4 Å². The van der Waals surface area contributed by atoms with Gasteiger partial charge in [0.15, 0.2) is 0 Å². The highest BCUT2D eigenvalue weighted by Gasteiger charge is 2.26. The SMILES string of the molecule is C=CCC(C)(C)c1nnc(NC(=O)C(CC)NC(=O)Cc2cc(F)cc(F)c2)s1. The Hall–Kier alpha value is -2.68. The van der Waals surface area contributed by atoms with Gasteiger partial charge in [0.2, 0.25) is 16.9 Å². The zero-order chi connectivity index (χ0) is 21.6. The zero-order valence-electron chi connectivity index (χ0n) is 16.6. The Labute approximate surface area is 172 Å². The van der Waals surface area contributed by atoms with Crippen LogP contribution in [-0.4, -0.2) is 28.1 Å². The molecule has 1 unspecified atom stereocenters. The van der Waals surface area contributed by atoms with Gasteiger partial charge in [0.25, 0.3) is 0 Å². The molecule has 0 radical (unpaired) electrons. The van der Waals surface area contributed by atoms with Crippen molar-refractivity contribution >= 4 is 28.3 Å². The molecule has 0 fully saturated rings. The molecule has 1 aromatic carbocycles. The predicted octanol–water partition coefficient (Wildman–Crippen LogP) is 3.75. The summed E-state index contributed by atoms with van der Waals surface area (Å²) in [6.07, 6.45) is 2.61. The number of carbonyl (C=O) groups excluding carboxylic acids is 2. The number of aromatic nitrogens is 2. The van der Waals surface area contributed by atoms with Crippen molar-refractivity contribution in [1.29, 1.82) is 0 Å². The third-order valence-corrected chi connectivity index (χ3v) is 5.44. The first kappa shape index (κ1) is 22.6. The standard InChI is InChI=1S/C20H24F2N4O2S/c1-5-7-20(3,4)18-25-26-19(29-18)24-17(28)15(6-2)23-16(27)10-12-8-13(21)11-14(22)9-12/h5,8-9,11,15H,1,6-7,10H2,2-4H3,(H,23,27)(H,24,26,28). The summed E-state index contributed by atoms with van der Waals surface area (Å²) < 4.78 is 26.5. The molecule has 1 atom stereocenters. The fourth-order valence-electron chi connectivity index (χ4n) is 2.68. The molecule has 0 saturated carbocycles. The van der Waals surface area contributed by atoms with E-state index in [2.05, 4.69) is 27.4 Å². The predicted molar refractivity (Wildman–Crippen MR) is 109 cm³/mol.